The normalized spacial score (nSPS) is 19.0. The van der Waals surface area contributed by atoms with Gasteiger partial charge in [0.1, 0.15) is 12.1 Å². The van der Waals surface area contributed by atoms with E-state index < -0.39 is 29.9 Å². The minimum Gasteiger partial charge on any atom is -0.325 e. The van der Waals surface area contributed by atoms with Crippen molar-refractivity contribution in [1.29, 1.82) is 0 Å². The molecule has 146 valence electrons. The van der Waals surface area contributed by atoms with Crippen molar-refractivity contribution in [3.05, 3.63) is 62.0 Å². The number of imide groups is 1. The molecule has 2 aromatic rings. The van der Waals surface area contributed by atoms with Gasteiger partial charge in [0.05, 0.1) is 10.0 Å². The molecular formula is C19H16BrCl2N3O3. The Morgan fingerprint density at radius 3 is 2.54 bits per heavy atom. The molecular weight excluding hydrogens is 469 g/mol. The van der Waals surface area contributed by atoms with Crippen LogP contribution >= 0.6 is 39.1 Å². The molecule has 0 aliphatic carbocycles. The zero-order chi connectivity index (χ0) is 20.6. The molecule has 3 rings (SSSR count). The van der Waals surface area contributed by atoms with E-state index in [1.807, 2.05) is 6.92 Å². The number of halogens is 3. The molecule has 1 heterocycles. The third kappa shape index (κ3) is 3.87. The Balaban J connectivity index is 1.76. The highest BCUT2D eigenvalue weighted by Gasteiger charge is 2.49. The molecule has 0 radical (unpaired) electrons. The first-order valence-corrected chi connectivity index (χ1v) is 9.82. The van der Waals surface area contributed by atoms with Crippen LogP contribution in [0.2, 0.25) is 10.0 Å². The van der Waals surface area contributed by atoms with Gasteiger partial charge in [-0.2, -0.15) is 0 Å². The Bertz CT molecular complexity index is 998. The highest BCUT2D eigenvalue weighted by Crippen LogP contribution is 2.33. The van der Waals surface area contributed by atoms with Gasteiger partial charge in [0.15, 0.2) is 0 Å². The predicted octanol–water partition coefficient (Wildman–Crippen LogP) is 4.47. The molecule has 9 heteroatoms. The van der Waals surface area contributed by atoms with Crippen LogP contribution in [0.1, 0.15) is 18.1 Å². The van der Waals surface area contributed by atoms with Crippen molar-refractivity contribution in [3.8, 4) is 0 Å². The number of hydrogen-bond donors (Lipinski definition) is 2. The maximum absolute atomic E-state index is 12.9. The topological polar surface area (TPSA) is 78.5 Å². The quantitative estimate of drug-likeness (QED) is 0.628. The summed E-state index contributed by atoms with van der Waals surface area (Å²) in [6.45, 7) is 3.04. The second kappa shape index (κ2) is 7.73. The number of benzene rings is 2. The number of nitrogens with one attached hydrogen (secondary N) is 2. The molecule has 0 bridgehead atoms. The fourth-order valence-electron chi connectivity index (χ4n) is 2.91. The second-order valence-corrected chi connectivity index (χ2v) is 8.26. The average molecular weight is 485 g/mol. The van der Waals surface area contributed by atoms with E-state index in [1.165, 1.54) is 6.07 Å². The van der Waals surface area contributed by atoms with Gasteiger partial charge >= 0.3 is 6.03 Å². The van der Waals surface area contributed by atoms with E-state index in [2.05, 4.69) is 26.6 Å². The van der Waals surface area contributed by atoms with Gasteiger partial charge in [-0.15, -0.1) is 0 Å². The third-order valence-electron chi connectivity index (χ3n) is 4.52. The summed E-state index contributed by atoms with van der Waals surface area (Å²) in [7, 11) is 0. The average Bonchev–Trinajstić information content (AvgIpc) is 2.84. The van der Waals surface area contributed by atoms with Crippen molar-refractivity contribution in [1.82, 2.24) is 10.2 Å². The summed E-state index contributed by atoms with van der Waals surface area (Å²) in [6, 6.07) is 9.35. The molecule has 0 spiro atoms. The van der Waals surface area contributed by atoms with E-state index in [1.54, 1.807) is 37.3 Å². The lowest BCUT2D eigenvalue weighted by Gasteiger charge is -2.22. The lowest BCUT2D eigenvalue weighted by molar-refractivity contribution is -0.133. The van der Waals surface area contributed by atoms with Crippen LogP contribution in [0.5, 0.6) is 0 Å². The van der Waals surface area contributed by atoms with Gasteiger partial charge < -0.3 is 10.6 Å². The Kier molecular flexibility index (Phi) is 5.70. The van der Waals surface area contributed by atoms with Gasteiger partial charge in [-0.25, -0.2) is 4.79 Å². The number of carbonyl (C=O) groups is 3. The molecule has 2 aromatic carbocycles. The molecule has 1 saturated heterocycles. The molecule has 1 aliphatic heterocycles. The second-order valence-electron chi connectivity index (χ2n) is 6.59. The highest BCUT2D eigenvalue weighted by atomic mass is 79.9. The first-order valence-electron chi connectivity index (χ1n) is 8.27. The zero-order valence-electron chi connectivity index (χ0n) is 15.0. The number of aryl methyl sites for hydroxylation is 1. The Morgan fingerprint density at radius 1 is 1.18 bits per heavy atom. The van der Waals surface area contributed by atoms with E-state index in [4.69, 9.17) is 23.2 Å². The van der Waals surface area contributed by atoms with Crippen LogP contribution in [0, 0.1) is 6.92 Å². The molecule has 2 N–H and O–H groups in total. The van der Waals surface area contributed by atoms with Gasteiger partial charge in [0, 0.05) is 10.2 Å². The molecule has 1 unspecified atom stereocenters. The van der Waals surface area contributed by atoms with E-state index in [0.717, 1.165) is 14.9 Å². The maximum atomic E-state index is 12.9. The highest BCUT2D eigenvalue weighted by molar-refractivity contribution is 9.10. The fraction of sp³-hybridized carbons (Fsp3) is 0.211. The Hall–Kier alpha value is -2.09. The Labute approximate surface area is 180 Å². The van der Waals surface area contributed by atoms with Crippen molar-refractivity contribution in [2.24, 2.45) is 0 Å². The fourth-order valence-corrected chi connectivity index (χ4v) is 3.45. The first-order chi connectivity index (χ1) is 13.1. The van der Waals surface area contributed by atoms with Gasteiger partial charge in [-0.05, 0) is 55.3 Å². The van der Waals surface area contributed by atoms with E-state index in [-0.39, 0.29) is 5.02 Å². The summed E-state index contributed by atoms with van der Waals surface area (Å²) in [5.41, 5.74) is 0.663. The number of amides is 4. The van der Waals surface area contributed by atoms with E-state index in [9.17, 15) is 14.4 Å². The minimum atomic E-state index is -1.33. The van der Waals surface area contributed by atoms with Gasteiger partial charge in [0.25, 0.3) is 5.91 Å². The van der Waals surface area contributed by atoms with Crippen LogP contribution < -0.4 is 10.6 Å². The van der Waals surface area contributed by atoms with Crippen LogP contribution in [-0.4, -0.2) is 29.3 Å². The summed E-state index contributed by atoms with van der Waals surface area (Å²) in [5, 5.41) is 5.93. The van der Waals surface area contributed by atoms with E-state index >= 15 is 0 Å². The van der Waals surface area contributed by atoms with Gasteiger partial charge in [-0.1, -0.05) is 45.2 Å². The van der Waals surface area contributed by atoms with Crippen LogP contribution in [0.25, 0.3) is 0 Å². The lowest BCUT2D eigenvalue weighted by atomic mass is 9.92. The molecule has 28 heavy (non-hydrogen) atoms. The molecule has 0 aromatic heterocycles. The minimum absolute atomic E-state index is 0.268. The summed E-state index contributed by atoms with van der Waals surface area (Å²) >= 11 is 15.3. The predicted molar refractivity (Wildman–Crippen MR) is 112 cm³/mol. The standard InChI is InChI=1S/C19H16BrCl2N3O3/c1-10-7-12(4-5-13(10)20)23-16(26)9-25-17(27)19(2,24-18(25)28)11-3-6-14(21)15(22)8-11/h3-8H,9H2,1-2H3,(H,23,26)(H,24,28). The van der Waals surface area contributed by atoms with Crippen LogP contribution in [0.15, 0.2) is 40.9 Å². The number of nitrogens with zero attached hydrogens (tertiary/aromatic N) is 1. The molecule has 1 fully saturated rings. The number of urea groups is 1. The summed E-state index contributed by atoms with van der Waals surface area (Å²) in [4.78, 5) is 38.5. The largest absolute Gasteiger partial charge is 0.325 e. The number of hydrogen-bond acceptors (Lipinski definition) is 3. The number of carbonyl (C=O) groups excluding carboxylic acids is 3. The van der Waals surface area contributed by atoms with Crippen molar-refractivity contribution in [2.45, 2.75) is 19.4 Å². The number of anilines is 1. The van der Waals surface area contributed by atoms with Gasteiger partial charge in [0.2, 0.25) is 5.91 Å². The summed E-state index contributed by atoms with van der Waals surface area (Å²) in [6.07, 6.45) is 0. The van der Waals surface area contributed by atoms with Gasteiger partial charge in [-0.3, -0.25) is 14.5 Å². The molecule has 0 saturated carbocycles. The third-order valence-corrected chi connectivity index (χ3v) is 6.14. The van der Waals surface area contributed by atoms with Crippen LogP contribution in [-0.2, 0) is 15.1 Å². The van der Waals surface area contributed by atoms with Crippen molar-refractivity contribution >= 4 is 62.7 Å². The van der Waals surface area contributed by atoms with Crippen molar-refractivity contribution in [3.63, 3.8) is 0 Å². The SMILES string of the molecule is Cc1cc(NC(=O)CN2C(=O)NC(C)(c3ccc(Cl)c(Cl)c3)C2=O)ccc1Br. The van der Waals surface area contributed by atoms with Crippen LogP contribution in [0.3, 0.4) is 0 Å². The smallest absolute Gasteiger partial charge is 0.325 e. The Morgan fingerprint density at radius 2 is 1.89 bits per heavy atom. The summed E-state index contributed by atoms with van der Waals surface area (Å²) in [5.74, 6) is -1.03. The molecule has 1 atom stereocenters. The van der Waals surface area contributed by atoms with Crippen LogP contribution in [0.4, 0.5) is 10.5 Å². The first kappa shape index (κ1) is 20.6. The molecule has 1 aliphatic rings. The van der Waals surface area contributed by atoms with Crippen molar-refractivity contribution in [2.75, 3.05) is 11.9 Å². The van der Waals surface area contributed by atoms with E-state index in [0.29, 0.717) is 16.3 Å². The lowest BCUT2D eigenvalue weighted by Crippen LogP contribution is -2.42. The monoisotopic (exact) mass is 483 g/mol. The number of rotatable bonds is 4. The molecule has 6 nitrogen and oxygen atoms in total. The van der Waals surface area contributed by atoms with Crippen molar-refractivity contribution < 1.29 is 14.4 Å². The zero-order valence-corrected chi connectivity index (χ0v) is 18.1. The molecule has 4 amide bonds. The summed E-state index contributed by atoms with van der Waals surface area (Å²) < 4.78 is 0.914. The maximum Gasteiger partial charge on any atom is 0.325 e.